The number of aromatic nitrogens is 1. The molecule has 3 rings (SSSR count). The van der Waals surface area contributed by atoms with Crippen LogP contribution in [0.4, 0.5) is 5.69 Å². The summed E-state index contributed by atoms with van der Waals surface area (Å²) in [6.07, 6.45) is 2.11. The summed E-state index contributed by atoms with van der Waals surface area (Å²) in [6.45, 7) is 5.73. The van der Waals surface area contributed by atoms with Crippen LogP contribution in [0.3, 0.4) is 0 Å². The number of hydrogen-bond acceptors (Lipinski definition) is 4. The lowest BCUT2D eigenvalue weighted by Crippen LogP contribution is -2.36. The third-order valence-electron chi connectivity index (χ3n) is 4.39. The zero-order valence-electron chi connectivity index (χ0n) is 14.2. The molecule has 0 atom stereocenters. The van der Waals surface area contributed by atoms with Crippen molar-refractivity contribution in [3.05, 3.63) is 63.6 Å². The molecule has 1 aliphatic heterocycles. The van der Waals surface area contributed by atoms with Gasteiger partial charge in [0.2, 0.25) is 6.41 Å². The Kier molecular flexibility index (Phi) is 3.93. The number of carbonyl (C=O) groups is 1. The van der Waals surface area contributed by atoms with Crippen molar-refractivity contribution in [3.8, 4) is 11.8 Å². The van der Waals surface area contributed by atoms with Gasteiger partial charge >= 0.3 is 0 Å². The first kappa shape index (κ1) is 16.5. The molecule has 2 aromatic rings. The van der Waals surface area contributed by atoms with Crippen molar-refractivity contribution >= 4 is 17.8 Å². The molecular formula is C19H17N3O3. The molecule has 2 heterocycles. The number of nitrogens with one attached hydrogen (secondary N) is 1. The van der Waals surface area contributed by atoms with Gasteiger partial charge in [0.15, 0.2) is 0 Å². The average molecular weight is 335 g/mol. The number of hydrogen-bond donors (Lipinski definition) is 1. The lowest BCUT2D eigenvalue weighted by Gasteiger charge is -2.36. The summed E-state index contributed by atoms with van der Waals surface area (Å²) < 4.78 is 7.52. The Balaban J connectivity index is 2.34. The lowest BCUT2D eigenvalue weighted by atomic mass is 9.90. The standard InChI is InChI=1S/C19H17N3O3/c1-12-17(22-8-4-5-15(18(22)24)21-11-23)14-9-13(10-20)6-7-16(14)25-19(12,2)3/h4-9,11H,1-3H3,(H,21,23). The van der Waals surface area contributed by atoms with E-state index in [2.05, 4.69) is 11.4 Å². The minimum atomic E-state index is -0.621. The minimum Gasteiger partial charge on any atom is -0.483 e. The number of ether oxygens (including phenoxy) is 1. The van der Waals surface area contributed by atoms with Gasteiger partial charge in [0.05, 0.1) is 17.3 Å². The van der Waals surface area contributed by atoms with E-state index in [-0.39, 0.29) is 11.2 Å². The molecule has 1 N–H and O–H groups in total. The molecule has 126 valence electrons. The highest BCUT2D eigenvalue weighted by Gasteiger charge is 2.33. The fourth-order valence-corrected chi connectivity index (χ4v) is 2.87. The second-order valence-electron chi connectivity index (χ2n) is 6.27. The Morgan fingerprint density at radius 3 is 2.76 bits per heavy atom. The second-order valence-corrected chi connectivity index (χ2v) is 6.27. The number of rotatable bonds is 3. The molecule has 0 spiro atoms. The Morgan fingerprint density at radius 2 is 2.08 bits per heavy atom. The minimum absolute atomic E-state index is 0.181. The van der Waals surface area contributed by atoms with Gasteiger partial charge in [-0.1, -0.05) is 0 Å². The summed E-state index contributed by atoms with van der Waals surface area (Å²) >= 11 is 0. The molecular weight excluding hydrogens is 318 g/mol. The number of carbonyl (C=O) groups excluding carboxylic acids is 1. The van der Waals surface area contributed by atoms with Gasteiger partial charge in [-0.2, -0.15) is 5.26 Å². The molecule has 1 aromatic carbocycles. The summed E-state index contributed by atoms with van der Waals surface area (Å²) in [7, 11) is 0. The summed E-state index contributed by atoms with van der Waals surface area (Å²) in [5.41, 5.74) is 1.85. The molecule has 6 nitrogen and oxygen atoms in total. The number of benzene rings is 1. The molecule has 0 bridgehead atoms. The number of nitriles is 1. The molecule has 25 heavy (non-hydrogen) atoms. The normalized spacial score (nSPS) is 15.0. The second kappa shape index (κ2) is 5.95. The summed E-state index contributed by atoms with van der Waals surface area (Å²) in [5.74, 6) is 0.602. The first-order valence-electron chi connectivity index (χ1n) is 7.76. The van der Waals surface area contributed by atoms with Crippen LogP contribution < -0.4 is 15.6 Å². The SMILES string of the molecule is CC1=C(n2cccc(NC=O)c2=O)c2cc(C#N)ccc2OC1(C)C. The predicted octanol–water partition coefficient (Wildman–Crippen LogP) is 2.74. The molecule has 1 aliphatic rings. The van der Waals surface area contributed by atoms with Gasteiger partial charge in [-0.15, -0.1) is 0 Å². The number of pyridine rings is 1. The van der Waals surface area contributed by atoms with Gasteiger partial charge < -0.3 is 10.1 Å². The van der Waals surface area contributed by atoms with Crippen LogP contribution in [0.25, 0.3) is 5.70 Å². The zero-order chi connectivity index (χ0) is 18.2. The first-order valence-corrected chi connectivity index (χ1v) is 7.76. The van der Waals surface area contributed by atoms with E-state index in [0.717, 1.165) is 5.57 Å². The highest BCUT2D eigenvalue weighted by Crippen LogP contribution is 2.41. The van der Waals surface area contributed by atoms with Crippen molar-refractivity contribution < 1.29 is 9.53 Å². The summed E-state index contributed by atoms with van der Waals surface area (Å²) in [5, 5.41) is 11.6. The quantitative estimate of drug-likeness (QED) is 0.874. The van der Waals surface area contributed by atoms with E-state index in [0.29, 0.717) is 29.0 Å². The molecule has 6 heteroatoms. The van der Waals surface area contributed by atoms with E-state index < -0.39 is 5.60 Å². The van der Waals surface area contributed by atoms with Gasteiger partial charge in [-0.3, -0.25) is 14.2 Å². The Labute approximate surface area is 145 Å². The first-order chi connectivity index (χ1) is 11.9. The molecule has 0 saturated carbocycles. The van der Waals surface area contributed by atoms with Gasteiger partial charge in [-0.25, -0.2) is 0 Å². The van der Waals surface area contributed by atoms with Crippen molar-refractivity contribution in [2.24, 2.45) is 0 Å². The van der Waals surface area contributed by atoms with Crippen LogP contribution in [0.5, 0.6) is 5.75 Å². The number of amides is 1. The zero-order valence-corrected chi connectivity index (χ0v) is 14.2. The maximum absolute atomic E-state index is 12.8. The van der Waals surface area contributed by atoms with E-state index in [9.17, 15) is 14.9 Å². The van der Waals surface area contributed by atoms with Crippen LogP contribution in [0.1, 0.15) is 31.9 Å². The van der Waals surface area contributed by atoms with Crippen molar-refractivity contribution in [2.45, 2.75) is 26.4 Å². The van der Waals surface area contributed by atoms with Gasteiger partial charge in [0.1, 0.15) is 17.0 Å². The maximum atomic E-state index is 12.8. The molecule has 0 fully saturated rings. The average Bonchev–Trinajstić information content (AvgIpc) is 2.58. The Morgan fingerprint density at radius 1 is 1.32 bits per heavy atom. The van der Waals surface area contributed by atoms with Crippen LogP contribution in [0, 0.1) is 11.3 Å². The fourth-order valence-electron chi connectivity index (χ4n) is 2.87. The van der Waals surface area contributed by atoms with Crippen molar-refractivity contribution in [1.82, 2.24) is 4.57 Å². The van der Waals surface area contributed by atoms with Crippen molar-refractivity contribution in [3.63, 3.8) is 0 Å². The molecule has 0 unspecified atom stereocenters. The van der Waals surface area contributed by atoms with Crippen LogP contribution in [-0.2, 0) is 4.79 Å². The van der Waals surface area contributed by atoms with Crippen LogP contribution in [0.15, 0.2) is 46.9 Å². The third-order valence-corrected chi connectivity index (χ3v) is 4.39. The maximum Gasteiger partial charge on any atom is 0.278 e. The van der Waals surface area contributed by atoms with Crippen LogP contribution in [-0.4, -0.2) is 16.6 Å². The highest BCUT2D eigenvalue weighted by atomic mass is 16.5. The van der Waals surface area contributed by atoms with E-state index in [1.165, 1.54) is 4.57 Å². The third kappa shape index (κ3) is 2.70. The monoisotopic (exact) mass is 335 g/mol. The van der Waals surface area contributed by atoms with E-state index in [4.69, 9.17) is 4.74 Å². The largest absolute Gasteiger partial charge is 0.483 e. The van der Waals surface area contributed by atoms with Gasteiger partial charge in [0.25, 0.3) is 5.56 Å². The molecule has 1 amide bonds. The van der Waals surface area contributed by atoms with Crippen LogP contribution in [0.2, 0.25) is 0 Å². The Hall–Kier alpha value is -3.33. The van der Waals surface area contributed by atoms with E-state index in [1.807, 2.05) is 20.8 Å². The summed E-state index contributed by atoms with van der Waals surface area (Å²) in [4.78, 5) is 23.5. The van der Waals surface area contributed by atoms with Gasteiger partial charge in [0, 0.05) is 11.8 Å². The number of fused-ring (bicyclic) bond motifs is 1. The lowest BCUT2D eigenvalue weighted by molar-refractivity contribution is -0.105. The Bertz CT molecular complexity index is 994. The van der Waals surface area contributed by atoms with Crippen molar-refractivity contribution in [1.29, 1.82) is 5.26 Å². The topological polar surface area (TPSA) is 84.1 Å². The van der Waals surface area contributed by atoms with E-state index in [1.54, 1.807) is 36.5 Å². The molecule has 0 aliphatic carbocycles. The molecule has 1 aromatic heterocycles. The fraction of sp³-hybridized carbons (Fsp3) is 0.211. The smallest absolute Gasteiger partial charge is 0.278 e. The summed E-state index contributed by atoms with van der Waals surface area (Å²) in [6, 6.07) is 10.5. The van der Waals surface area contributed by atoms with Crippen LogP contribution >= 0.6 is 0 Å². The predicted molar refractivity (Wildman–Crippen MR) is 94.2 cm³/mol. The number of nitrogens with zero attached hydrogens (tertiary/aromatic N) is 2. The van der Waals surface area contributed by atoms with Gasteiger partial charge in [-0.05, 0) is 56.7 Å². The molecule has 0 saturated heterocycles. The number of anilines is 1. The highest BCUT2D eigenvalue weighted by molar-refractivity contribution is 5.78. The van der Waals surface area contributed by atoms with E-state index >= 15 is 0 Å². The molecule has 0 radical (unpaired) electrons. The van der Waals surface area contributed by atoms with Crippen molar-refractivity contribution in [2.75, 3.05) is 5.32 Å².